The van der Waals surface area contributed by atoms with E-state index in [9.17, 15) is 4.79 Å². The lowest BCUT2D eigenvalue weighted by molar-refractivity contribution is 0.0711. The summed E-state index contributed by atoms with van der Waals surface area (Å²) in [6, 6.07) is 21.8. The molecule has 2 heterocycles. The minimum absolute atomic E-state index is 0.265. The summed E-state index contributed by atoms with van der Waals surface area (Å²) in [6.07, 6.45) is 0.458. The van der Waals surface area contributed by atoms with Crippen LogP contribution in [-0.4, -0.2) is 42.9 Å². The van der Waals surface area contributed by atoms with Crippen LogP contribution in [0.25, 0.3) is 10.9 Å². The summed E-state index contributed by atoms with van der Waals surface area (Å²) < 4.78 is 16.2. The van der Waals surface area contributed by atoms with E-state index in [0.29, 0.717) is 45.5 Å². The second-order valence-electron chi connectivity index (χ2n) is 8.28. The van der Waals surface area contributed by atoms with E-state index in [1.165, 1.54) is 5.01 Å². The lowest BCUT2D eigenvalue weighted by Gasteiger charge is -2.23. The molecule has 4 aromatic rings. The Morgan fingerprint density at radius 1 is 0.917 bits per heavy atom. The number of fused-ring (bicyclic) bond motifs is 1. The minimum atomic E-state index is -0.458. The molecule has 5 rings (SSSR count). The van der Waals surface area contributed by atoms with Crippen molar-refractivity contribution in [2.75, 3.05) is 21.3 Å². The first-order valence-electron chi connectivity index (χ1n) is 11.3. The van der Waals surface area contributed by atoms with Gasteiger partial charge in [-0.25, -0.2) is 9.99 Å². The topological polar surface area (TPSA) is 73.2 Å². The summed E-state index contributed by atoms with van der Waals surface area (Å²) in [7, 11) is 4.78. The molecule has 0 spiro atoms. The normalized spacial score (nSPS) is 15.1. The van der Waals surface area contributed by atoms with E-state index in [0.717, 1.165) is 16.7 Å². The van der Waals surface area contributed by atoms with E-state index in [2.05, 4.69) is 4.98 Å². The number of benzene rings is 3. The fourth-order valence-electron chi connectivity index (χ4n) is 4.37. The minimum Gasteiger partial charge on any atom is -0.497 e. The van der Waals surface area contributed by atoms with Gasteiger partial charge in [-0.3, -0.25) is 4.79 Å². The van der Waals surface area contributed by atoms with Crippen LogP contribution in [-0.2, 0) is 0 Å². The number of hydrogen-bond donors (Lipinski definition) is 0. The smallest absolute Gasteiger partial charge is 0.274 e. The van der Waals surface area contributed by atoms with E-state index in [1.807, 2.05) is 48.5 Å². The molecule has 0 aliphatic carbocycles. The van der Waals surface area contributed by atoms with E-state index in [1.54, 1.807) is 45.6 Å². The van der Waals surface area contributed by atoms with Crippen LogP contribution in [0.5, 0.6) is 17.2 Å². The molecule has 8 heteroatoms. The summed E-state index contributed by atoms with van der Waals surface area (Å²) in [5.41, 5.74) is 3.44. The summed E-state index contributed by atoms with van der Waals surface area (Å²) in [6.45, 7) is 0. The standard InChI is InChI=1S/C28H24ClN3O4/c1-34-20-10-4-7-17(13-20)23-16-24(32(31-23)28(33)19-9-5-11-21(14-19)35-2)22-15-18-8-6-12-25(36-3)26(18)30-27(22)29/h4-15,24H,16H2,1-3H3. The largest absolute Gasteiger partial charge is 0.497 e. The van der Waals surface area contributed by atoms with Crippen LogP contribution in [0, 0.1) is 0 Å². The van der Waals surface area contributed by atoms with Gasteiger partial charge < -0.3 is 14.2 Å². The van der Waals surface area contributed by atoms with Gasteiger partial charge in [0.1, 0.15) is 27.9 Å². The average Bonchev–Trinajstić information content (AvgIpc) is 3.37. The maximum Gasteiger partial charge on any atom is 0.274 e. The molecule has 0 saturated carbocycles. The van der Waals surface area contributed by atoms with Crippen molar-refractivity contribution in [1.29, 1.82) is 0 Å². The van der Waals surface area contributed by atoms with Crippen molar-refractivity contribution in [3.63, 3.8) is 0 Å². The van der Waals surface area contributed by atoms with Gasteiger partial charge in [0, 0.05) is 28.5 Å². The highest BCUT2D eigenvalue weighted by atomic mass is 35.5. The molecule has 1 aliphatic rings. The molecule has 182 valence electrons. The molecular weight excluding hydrogens is 478 g/mol. The van der Waals surface area contributed by atoms with Gasteiger partial charge in [-0.15, -0.1) is 0 Å². The quantitative estimate of drug-likeness (QED) is 0.307. The molecule has 0 radical (unpaired) electrons. The zero-order valence-corrected chi connectivity index (χ0v) is 20.8. The van der Waals surface area contributed by atoms with Gasteiger partial charge >= 0.3 is 0 Å². The van der Waals surface area contributed by atoms with Gasteiger partial charge in [-0.05, 0) is 42.5 Å². The summed E-state index contributed by atoms with van der Waals surface area (Å²) in [5, 5.41) is 7.41. The van der Waals surface area contributed by atoms with E-state index < -0.39 is 6.04 Å². The molecule has 1 atom stereocenters. The van der Waals surface area contributed by atoms with Gasteiger partial charge in [0.15, 0.2) is 0 Å². The van der Waals surface area contributed by atoms with Crippen LogP contribution < -0.4 is 14.2 Å². The van der Waals surface area contributed by atoms with Gasteiger partial charge in [-0.1, -0.05) is 41.9 Å². The second kappa shape index (κ2) is 9.87. The predicted molar refractivity (Wildman–Crippen MR) is 139 cm³/mol. The van der Waals surface area contributed by atoms with Crippen LogP contribution in [0.2, 0.25) is 5.15 Å². The molecule has 1 amide bonds. The van der Waals surface area contributed by atoms with E-state index >= 15 is 0 Å². The molecular formula is C28H24ClN3O4. The van der Waals surface area contributed by atoms with Crippen LogP contribution in [0.1, 0.15) is 33.9 Å². The third-order valence-corrected chi connectivity index (χ3v) is 6.51. The number of para-hydroxylation sites is 1. The Bertz CT molecular complexity index is 1490. The van der Waals surface area contributed by atoms with E-state index in [4.69, 9.17) is 30.9 Å². The molecule has 1 aromatic heterocycles. The van der Waals surface area contributed by atoms with Crippen molar-refractivity contribution in [2.45, 2.75) is 12.5 Å². The number of carbonyl (C=O) groups excluding carboxylic acids is 1. The van der Waals surface area contributed by atoms with Crippen molar-refractivity contribution < 1.29 is 19.0 Å². The highest BCUT2D eigenvalue weighted by Gasteiger charge is 2.35. The van der Waals surface area contributed by atoms with Gasteiger partial charge in [0.05, 0.1) is 33.1 Å². The molecule has 0 saturated heterocycles. The Balaban J connectivity index is 1.61. The highest BCUT2D eigenvalue weighted by molar-refractivity contribution is 6.30. The number of halogens is 1. The molecule has 0 bridgehead atoms. The molecule has 1 unspecified atom stereocenters. The monoisotopic (exact) mass is 501 g/mol. The molecule has 3 aromatic carbocycles. The fraction of sp³-hybridized carbons (Fsp3) is 0.179. The number of ether oxygens (including phenoxy) is 3. The Morgan fingerprint density at radius 3 is 2.39 bits per heavy atom. The highest BCUT2D eigenvalue weighted by Crippen LogP contribution is 2.39. The number of aromatic nitrogens is 1. The number of carbonyl (C=O) groups is 1. The third kappa shape index (κ3) is 4.33. The van der Waals surface area contributed by atoms with Gasteiger partial charge in [-0.2, -0.15) is 5.10 Å². The SMILES string of the molecule is COc1cccc(C(=O)N2N=C(c3cccc(OC)c3)CC2c2cc3cccc(OC)c3nc2Cl)c1. The van der Waals surface area contributed by atoms with Crippen molar-refractivity contribution >= 4 is 34.1 Å². The molecule has 1 aliphatic heterocycles. The Kier molecular flexibility index (Phi) is 6.48. The summed E-state index contributed by atoms with van der Waals surface area (Å²) in [4.78, 5) is 18.4. The zero-order valence-electron chi connectivity index (χ0n) is 20.1. The lowest BCUT2D eigenvalue weighted by Crippen LogP contribution is -2.27. The van der Waals surface area contributed by atoms with Crippen molar-refractivity contribution in [2.24, 2.45) is 5.10 Å². The first-order chi connectivity index (χ1) is 17.5. The number of methoxy groups -OCH3 is 3. The number of nitrogens with zero attached hydrogens (tertiary/aromatic N) is 3. The average molecular weight is 502 g/mol. The number of rotatable bonds is 6. The van der Waals surface area contributed by atoms with Crippen molar-refractivity contribution in [1.82, 2.24) is 9.99 Å². The Labute approximate surface area is 213 Å². The van der Waals surface area contributed by atoms with Crippen molar-refractivity contribution in [3.8, 4) is 17.2 Å². The molecule has 7 nitrogen and oxygen atoms in total. The summed E-state index contributed by atoms with van der Waals surface area (Å²) >= 11 is 6.72. The van der Waals surface area contributed by atoms with Crippen LogP contribution >= 0.6 is 11.6 Å². The first kappa shape index (κ1) is 23.6. The van der Waals surface area contributed by atoms with Crippen LogP contribution in [0.3, 0.4) is 0 Å². The van der Waals surface area contributed by atoms with Gasteiger partial charge in [0.25, 0.3) is 5.91 Å². The van der Waals surface area contributed by atoms with Crippen LogP contribution in [0.4, 0.5) is 0 Å². The number of hydrazone groups is 1. The molecule has 0 fully saturated rings. The Hall–Kier alpha value is -4.10. The predicted octanol–water partition coefficient (Wildman–Crippen LogP) is 5.91. The maximum atomic E-state index is 13.7. The van der Waals surface area contributed by atoms with E-state index in [-0.39, 0.29) is 5.91 Å². The fourth-order valence-corrected chi connectivity index (χ4v) is 4.63. The Morgan fingerprint density at radius 2 is 1.64 bits per heavy atom. The maximum absolute atomic E-state index is 13.7. The number of hydrogen-bond acceptors (Lipinski definition) is 6. The lowest BCUT2D eigenvalue weighted by atomic mass is 9.98. The van der Waals surface area contributed by atoms with Crippen LogP contribution in [0.15, 0.2) is 77.9 Å². The second-order valence-corrected chi connectivity index (χ2v) is 8.64. The van der Waals surface area contributed by atoms with Crippen molar-refractivity contribution in [3.05, 3.63) is 94.6 Å². The first-order valence-corrected chi connectivity index (χ1v) is 11.7. The molecule has 36 heavy (non-hydrogen) atoms. The number of amides is 1. The number of pyridine rings is 1. The molecule has 0 N–H and O–H groups in total. The summed E-state index contributed by atoms with van der Waals surface area (Å²) in [5.74, 6) is 1.66. The van der Waals surface area contributed by atoms with Gasteiger partial charge in [0.2, 0.25) is 0 Å². The zero-order chi connectivity index (χ0) is 25.2. The third-order valence-electron chi connectivity index (χ3n) is 6.21.